The second kappa shape index (κ2) is 17.2. The van der Waals surface area contributed by atoms with E-state index in [1.807, 2.05) is 24.4 Å². The number of carbonyl (C=O) groups is 2. The maximum Gasteiger partial charge on any atom is 0.415 e. The number of pyridine rings is 1. The van der Waals surface area contributed by atoms with E-state index in [2.05, 4.69) is 35.5 Å². The lowest BCUT2D eigenvalue weighted by Crippen LogP contribution is -2.40. The average Bonchev–Trinajstić information content (AvgIpc) is 3.54. The van der Waals surface area contributed by atoms with Crippen LogP contribution >= 0.6 is 0 Å². The number of hydrogen-bond donors (Lipinski definition) is 1. The summed E-state index contributed by atoms with van der Waals surface area (Å²) in [5.74, 6) is 2.42. The summed E-state index contributed by atoms with van der Waals surface area (Å²) in [7, 11) is 3.24. The maximum atomic E-state index is 13.2. The third kappa shape index (κ3) is 9.20. The van der Waals surface area contributed by atoms with Gasteiger partial charge < -0.3 is 29.2 Å². The van der Waals surface area contributed by atoms with Crippen LogP contribution in [-0.4, -0.2) is 50.9 Å². The predicted octanol–water partition coefficient (Wildman–Crippen LogP) is 7.89. The Morgan fingerprint density at radius 3 is 2.29 bits per heavy atom. The summed E-state index contributed by atoms with van der Waals surface area (Å²) in [6.45, 7) is 7.79. The van der Waals surface area contributed by atoms with Gasteiger partial charge in [-0.2, -0.15) is 4.57 Å². The number of nitrogens with zero attached hydrogens (tertiary/aromatic N) is 2. The molecule has 2 aliphatic heterocycles. The number of rotatable bonds is 18. The molecule has 5 rings (SSSR count). The molecule has 0 aliphatic carbocycles. The van der Waals surface area contributed by atoms with E-state index in [1.54, 1.807) is 14.2 Å². The highest BCUT2D eigenvalue weighted by molar-refractivity contribution is 5.93. The smallest absolute Gasteiger partial charge is 0.415 e. The van der Waals surface area contributed by atoms with Gasteiger partial charge in [-0.3, -0.25) is 4.79 Å². The molecule has 3 aromatic rings. The summed E-state index contributed by atoms with van der Waals surface area (Å²) in [6.07, 6.45) is 16.2. The molecule has 0 atom stereocenters. The molecule has 1 aromatic heterocycles. The Hall–Kier alpha value is -4.27. The van der Waals surface area contributed by atoms with E-state index in [-0.39, 0.29) is 12.7 Å². The average molecular weight is 659 g/mol. The summed E-state index contributed by atoms with van der Waals surface area (Å²) in [6, 6.07) is 10.0. The molecule has 0 saturated carbocycles. The van der Waals surface area contributed by atoms with Crippen LogP contribution in [0.4, 0.5) is 4.79 Å². The molecule has 0 fully saturated rings. The minimum absolute atomic E-state index is 0.0228. The van der Waals surface area contributed by atoms with Gasteiger partial charge in [-0.15, -0.1) is 6.58 Å². The van der Waals surface area contributed by atoms with Crippen molar-refractivity contribution in [3.63, 3.8) is 0 Å². The Morgan fingerprint density at radius 2 is 1.60 bits per heavy atom. The molecule has 0 saturated heterocycles. The Kier molecular flexibility index (Phi) is 12.6. The summed E-state index contributed by atoms with van der Waals surface area (Å²) >= 11 is 0. The maximum absolute atomic E-state index is 13.2. The molecule has 0 unspecified atom stereocenters. The number of nitrogens with one attached hydrogen (secondary N) is 1. The number of carbonyl (C=O) groups excluding carboxylic acids is 2. The van der Waals surface area contributed by atoms with Crippen molar-refractivity contribution >= 4 is 22.8 Å². The summed E-state index contributed by atoms with van der Waals surface area (Å²) in [4.78, 5) is 27.0. The molecule has 258 valence electrons. The van der Waals surface area contributed by atoms with E-state index >= 15 is 0 Å². The van der Waals surface area contributed by atoms with E-state index in [9.17, 15) is 9.59 Å². The van der Waals surface area contributed by atoms with Crippen LogP contribution in [0.25, 0.3) is 22.0 Å². The number of fused-ring (bicyclic) bond motifs is 5. The first-order valence-electron chi connectivity index (χ1n) is 17.6. The largest absolute Gasteiger partial charge is 0.493 e. The monoisotopic (exact) mass is 658 g/mol. The van der Waals surface area contributed by atoms with Gasteiger partial charge in [0.05, 0.1) is 18.1 Å². The standard InChI is InChI=1S/C39H51N3O6/c1-28(2)15-13-11-9-7-5-6-8-10-12-14-16-37(43)40-20-22-41(3)39(44)48-38-32-26-42-21-19-30-24-35-36(47-27-46-35)25-31(30)33(42)23-29(32)17-18-34(38)45-4/h17-18,23-26H,1,5-16,19-22,27H2,2-4H3/p+1. The van der Waals surface area contributed by atoms with Crippen LogP contribution in [0.2, 0.25) is 0 Å². The summed E-state index contributed by atoms with van der Waals surface area (Å²) < 4.78 is 24.9. The first-order chi connectivity index (χ1) is 23.3. The lowest BCUT2D eigenvalue weighted by atomic mass is 9.95. The molecule has 3 heterocycles. The van der Waals surface area contributed by atoms with Crippen molar-refractivity contribution in [1.82, 2.24) is 10.2 Å². The fourth-order valence-electron chi connectivity index (χ4n) is 6.50. The number of likely N-dealkylation sites (N-methyl/N-ethyl adjacent to an activating group) is 1. The number of aromatic nitrogens is 1. The zero-order chi connectivity index (χ0) is 33.9. The third-order valence-electron chi connectivity index (χ3n) is 9.32. The van der Waals surface area contributed by atoms with Gasteiger partial charge in [-0.05, 0) is 61.4 Å². The van der Waals surface area contributed by atoms with Crippen LogP contribution in [0.5, 0.6) is 23.0 Å². The first kappa shape index (κ1) is 35.0. The molecule has 0 bridgehead atoms. The van der Waals surface area contributed by atoms with Crippen LogP contribution in [0.3, 0.4) is 0 Å². The third-order valence-corrected chi connectivity index (χ3v) is 9.32. The molecule has 9 nitrogen and oxygen atoms in total. The quantitative estimate of drug-likeness (QED) is 0.0850. The van der Waals surface area contributed by atoms with Gasteiger partial charge in [0.2, 0.25) is 18.4 Å². The number of hydrogen-bond acceptors (Lipinski definition) is 6. The molecule has 48 heavy (non-hydrogen) atoms. The van der Waals surface area contributed by atoms with Crippen molar-refractivity contribution in [3.8, 4) is 34.3 Å². The van der Waals surface area contributed by atoms with E-state index in [0.29, 0.717) is 31.0 Å². The molecular weight excluding hydrogens is 606 g/mol. The van der Waals surface area contributed by atoms with Gasteiger partial charge in [-0.1, -0.05) is 56.9 Å². The Bertz CT molecular complexity index is 1600. The van der Waals surface area contributed by atoms with Gasteiger partial charge in [-0.25, -0.2) is 4.79 Å². The Labute approximate surface area is 285 Å². The molecule has 1 N–H and O–H groups in total. The van der Waals surface area contributed by atoms with Crippen LogP contribution in [0.1, 0.15) is 89.5 Å². The fraction of sp³-hybridized carbons (Fsp3) is 0.513. The van der Waals surface area contributed by atoms with Crippen LogP contribution in [0.15, 0.2) is 48.7 Å². The molecule has 2 aliphatic rings. The van der Waals surface area contributed by atoms with Gasteiger partial charge in [0.15, 0.2) is 35.7 Å². The molecule has 0 spiro atoms. The van der Waals surface area contributed by atoms with E-state index in [0.717, 1.165) is 65.8 Å². The molecule has 9 heteroatoms. The highest BCUT2D eigenvalue weighted by Crippen LogP contribution is 2.41. The van der Waals surface area contributed by atoms with Gasteiger partial charge in [0.25, 0.3) is 0 Å². The van der Waals surface area contributed by atoms with Crippen molar-refractivity contribution in [2.45, 2.75) is 96.9 Å². The van der Waals surface area contributed by atoms with Crippen LogP contribution in [-0.2, 0) is 17.8 Å². The normalized spacial score (nSPS) is 12.7. The highest BCUT2D eigenvalue weighted by Gasteiger charge is 2.29. The minimum atomic E-state index is -0.511. The van der Waals surface area contributed by atoms with Crippen molar-refractivity contribution in [1.29, 1.82) is 0 Å². The molecular formula is C39H52N3O6+. The van der Waals surface area contributed by atoms with E-state index in [4.69, 9.17) is 18.9 Å². The number of allylic oxidation sites excluding steroid dienone is 1. The van der Waals surface area contributed by atoms with Gasteiger partial charge in [0.1, 0.15) is 0 Å². The second-order valence-electron chi connectivity index (χ2n) is 13.2. The zero-order valence-electron chi connectivity index (χ0n) is 29.0. The second-order valence-corrected chi connectivity index (χ2v) is 13.2. The minimum Gasteiger partial charge on any atom is -0.493 e. The number of amides is 2. The lowest BCUT2D eigenvalue weighted by molar-refractivity contribution is -0.686. The topological polar surface area (TPSA) is 90.2 Å². The Morgan fingerprint density at radius 1 is 0.938 bits per heavy atom. The SMILES string of the molecule is C=C(C)CCCCCCCCCCCCC(=O)NCCN(C)C(=O)Oc1c(OC)ccc2cc3[n+](cc12)CCc1cc2c(cc1-3)OCO2. The number of aryl methyl sites for hydroxylation is 2. The van der Waals surface area contributed by atoms with Crippen LogP contribution in [0, 0.1) is 0 Å². The highest BCUT2D eigenvalue weighted by atomic mass is 16.7. The lowest BCUT2D eigenvalue weighted by Gasteiger charge is -2.20. The molecule has 0 radical (unpaired) electrons. The van der Waals surface area contributed by atoms with Crippen LogP contribution < -0.4 is 28.8 Å². The van der Waals surface area contributed by atoms with E-state index < -0.39 is 6.09 Å². The van der Waals surface area contributed by atoms with Crippen molar-refractivity contribution in [2.75, 3.05) is 34.0 Å². The number of unbranched alkanes of at least 4 members (excludes halogenated alkanes) is 9. The number of ether oxygens (including phenoxy) is 4. The first-order valence-corrected chi connectivity index (χ1v) is 17.6. The zero-order valence-corrected chi connectivity index (χ0v) is 29.0. The fourth-order valence-corrected chi connectivity index (χ4v) is 6.50. The summed E-state index contributed by atoms with van der Waals surface area (Å²) in [5.41, 5.74) is 4.67. The van der Waals surface area contributed by atoms with Crippen molar-refractivity contribution in [3.05, 3.63) is 54.2 Å². The predicted molar refractivity (Wildman–Crippen MR) is 188 cm³/mol. The van der Waals surface area contributed by atoms with Gasteiger partial charge in [0, 0.05) is 39.0 Å². The van der Waals surface area contributed by atoms with Crippen molar-refractivity contribution in [2.24, 2.45) is 0 Å². The molecule has 2 aromatic carbocycles. The summed E-state index contributed by atoms with van der Waals surface area (Å²) in [5, 5.41) is 4.66. The number of methoxy groups -OCH3 is 1. The van der Waals surface area contributed by atoms with Gasteiger partial charge >= 0.3 is 6.09 Å². The molecule has 2 amide bonds. The van der Waals surface area contributed by atoms with Crippen molar-refractivity contribution < 1.29 is 33.1 Å². The Balaban J connectivity index is 1.05. The van der Waals surface area contributed by atoms with E-state index in [1.165, 1.54) is 67.4 Å². The number of benzene rings is 2.